The molecule has 198 valence electrons. The number of aromatic nitrogens is 5. The minimum atomic E-state index is -3.39. The summed E-state index contributed by atoms with van der Waals surface area (Å²) in [5.74, 6) is 1.70. The molecule has 1 saturated carbocycles. The van der Waals surface area contributed by atoms with Crippen molar-refractivity contribution in [2.75, 3.05) is 12.9 Å². The molecule has 0 aliphatic heterocycles. The number of nitrogens with zero attached hydrogens (tertiary/aromatic N) is 5. The molecule has 0 unspecified atom stereocenters. The zero-order valence-electron chi connectivity index (χ0n) is 21.8. The smallest absolute Gasteiger partial charge is 0.261 e. The minimum Gasteiger partial charge on any atom is -0.493 e. The summed E-state index contributed by atoms with van der Waals surface area (Å²) in [7, 11) is 0.137. The predicted molar refractivity (Wildman–Crippen MR) is 149 cm³/mol. The number of pyridine rings is 1. The molecular formula is C29H27N5O4S. The third kappa shape index (κ3) is 4.95. The Morgan fingerprint density at radius 3 is 2.31 bits per heavy atom. The average molecular weight is 542 g/mol. The molecule has 0 saturated heterocycles. The summed E-state index contributed by atoms with van der Waals surface area (Å²) in [4.78, 5) is 22.3. The van der Waals surface area contributed by atoms with E-state index in [1.165, 1.54) is 10.8 Å². The maximum atomic E-state index is 12.9. The largest absolute Gasteiger partial charge is 0.493 e. The van der Waals surface area contributed by atoms with Crippen molar-refractivity contribution in [2.45, 2.75) is 17.7 Å². The summed E-state index contributed by atoms with van der Waals surface area (Å²) in [5, 5.41) is 4.62. The quantitative estimate of drug-likeness (QED) is 0.303. The van der Waals surface area contributed by atoms with Crippen molar-refractivity contribution >= 4 is 20.7 Å². The van der Waals surface area contributed by atoms with Crippen LogP contribution in [-0.4, -0.2) is 45.6 Å². The lowest BCUT2D eigenvalue weighted by molar-refractivity contribution is 0.301. The van der Waals surface area contributed by atoms with Gasteiger partial charge in [0.15, 0.2) is 15.7 Å². The predicted octanol–water partition coefficient (Wildman–Crippen LogP) is 4.26. The summed E-state index contributed by atoms with van der Waals surface area (Å²) in [5.41, 5.74) is 4.30. The second kappa shape index (κ2) is 9.46. The van der Waals surface area contributed by atoms with E-state index in [-0.39, 0.29) is 10.5 Å². The van der Waals surface area contributed by atoms with Gasteiger partial charge in [-0.15, -0.1) is 0 Å². The Labute approximate surface area is 225 Å². The number of fused-ring (bicyclic) bond motifs is 1. The monoisotopic (exact) mass is 541 g/mol. The summed E-state index contributed by atoms with van der Waals surface area (Å²) in [6, 6.07) is 12.7. The maximum absolute atomic E-state index is 12.9. The van der Waals surface area contributed by atoms with Crippen molar-refractivity contribution in [3.8, 4) is 39.4 Å². The van der Waals surface area contributed by atoms with E-state index < -0.39 is 9.84 Å². The van der Waals surface area contributed by atoms with E-state index in [0.29, 0.717) is 35.0 Å². The minimum absolute atomic E-state index is 0.182. The molecule has 3 aromatic heterocycles. The van der Waals surface area contributed by atoms with E-state index in [1.54, 1.807) is 48.5 Å². The van der Waals surface area contributed by atoms with Crippen LogP contribution in [0.2, 0.25) is 0 Å². The number of aryl methyl sites for hydroxylation is 2. The molecular weight excluding hydrogens is 514 g/mol. The van der Waals surface area contributed by atoms with Gasteiger partial charge in [-0.25, -0.2) is 18.4 Å². The normalized spacial score (nSPS) is 13.6. The molecule has 1 aliphatic carbocycles. The highest BCUT2D eigenvalue weighted by Gasteiger charge is 2.23. The zero-order valence-corrected chi connectivity index (χ0v) is 22.6. The first-order chi connectivity index (χ1) is 18.7. The highest BCUT2D eigenvalue weighted by Crippen LogP contribution is 2.37. The van der Waals surface area contributed by atoms with E-state index in [1.807, 2.05) is 37.5 Å². The number of hydrogen-bond acceptors (Lipinski definition) is 7. The Kier molecular flexibility index (Phi) is 6.06. The standard InChI is InChI=1S/C29H27N5O4S/c1-33-16-25(27-24(29(33)35)14-30-28(32-27)21-13-31-34(2)15-21)20-8-6-19(7-9-20)23-12-22(39(3,36)37)10-11-26(23)38-17-18-4-5-18/h6-16,18H,4-5,17H2,1-3H3. The Morgan fingerprint density at radius 1 is 0.949 bits per heavy atom. The number of ether oxygens (including phenoxy) is 1. The second-order valence-corrected chi connectivity index (χ2v) is 12.1. The van der Waals surface area contributed by atoms with Gasteiger partial charge in [0.2, 0.25) is 0 Å². The highest BCUT2D eigenvalue weighted by atomic mass is 32.2. The third-order valence-electron chi connectivity index (χ3n) is 6.94. The van der Waals surface area contributed by atoms with Crippen LogP contribution in [0.5, 0.6) is 5.75 Å². The summed E-state index contributed by atoms with van der Waals surface area (Å²) < 4.78 is 33.8. The van der Waals surface area contributed by atoms with Crippen LogP contribution in [0.15, 0.2) is 76.9 Å². The topological polar surface area (TPSA) is 109 Å². The molecule has 0 spiro atoms. The number of hydrogen-bond donors (Lipinski definition) is 0. The molecule has 10 heteroatoms. The van der Waals surface area contributed by atoms with Gasteiger partial charge in [-0.1, -0.05) is 24.3 Å². The molecule has 3 heterocycles. The molecule has 0 radical (unpaired) electrons. The molecule has 1 fully saturated rings. The van der Waals surface area contributed by atoms with Crippen LogP contribution >= 0.6 is 0 Å². The molecule has 5 aromatic rings. The molecule has 9 nitrogen and oxygen atoms in total. The molecule has 6 rings (SSSR count). The van der Waals surface area contributed by atoms with Crippen LogP contribution in [-0.2, 0) is 23.9 Å². The lowest BCUT2D eigenvalue weighted by Crippen LogP contribution is -2.17. The first-order valence-corrected chi connectivity index (χ1v) is 14.5. The Hall–Kier alpha value is -4.31. The van der Waals surface area contributed by atoms with Gasteiger partial charge >= 0.3 is 0 Å². The van der Waals surface area contributed by atoms with Gasteiger partial charge in [0.25, 0.3) is 5.56 Å². The van der Waals surface area contributed by atoms with Crippen LogP contribution in [0.4, 0.5) is 0 Å². The van der Waals surface area contributed by atoms with Crippen molar-refractivity contribution in [1.82, 2.24) is 24.3 Å². The van der Waals surface area contributed by atoms with E-state index in [9.17, 15) is 13.2 Å². The van der Waals surface area contributed by atoms with E-state index >= 15 is 0 Å². The van der Waals surface area contributed by atoms with Crippen molar-refractivity contribution in [2.24, 2.45) is 20.0 Å². The van der Waals surface area contributed by atoms with Gasteiger partial charge in [0, 0.05) is 50.1 Å². The molecule has 0 amide bonds. The van der Waals surface area contributed by atoms with Gasteiger partial charge in [0.05, 0.1) is 34.2 Å². The summed E-state index contributed by atoms with van der Waals surface area (Å²) >= 11 is 0. The SMILES string of the molecule is Cn1cc(-c2ncc3c(=O)n(C)cc(-c4ccc(-c5cc(S(C)(=O)=O)ccc5OCC5CC5)cc4)c3n2)cn1. The Morgan fingerprint density at radius 2 is 1.67 bits per heavy atom. The molecule has 0 bridgehead atoms. The average Bonchev–Trinajstić information content (AvgIpc) is 3.66. The van der Waals surface area contributed by atoms with Crippen molar-refractivity contribution < 1.29 is 13.2 Å². The van der Waals surface area contributed by atoms with Crippen LogP contribution in [0, 0.1) is 5.92 Å². The zero-order chi connectivity index (χ0) is 27.3. The van der Waals surface area contributed by atoms with Crippen LogP contribution in [0.25, 0.3) is 44.5 Å². The maximum Gasteiger partial charge on any atom is 0.261 e. The Bertz CT molecular complexity index is 1890. The van der Waals surface area contributed by atoms with Gasteiger partial charge in [-0.3, -0.25) is 9.48 Å². The van der Waals surface area contributed by atoms with Crippen LogP contribution < -0.4 is 10.3 Å². The third-order valence-corrected chi connectivity index (χ3v) is 8.05. The fourth-order valence-corrected chi connectivity index (χ4v) is 5.19. The van der Waals surface area contributed by atoms with Gasteiger partial charge in [-0.05, 0) is 48.1 Å². The van der Waals surface area contributed by atoms with Gasteiger partial charge in [-0.2, -0.15) is 5.10 Å². The second-order valence-electron chi connectivity index (χ2n) is 10.1. The summed E-state index contributed by atoms with van der Waals surface area (Å²) in [6.45, 7) is 0.617. The van der Waals surface area contributed by atoms with Crippen molar-refractivity contribution in [1.29, 1.82) is 0 Å². The molecule has 2 aromatic carbocycles. The molecule has 1 aliphatic rings. The summed E-state index contributed by atoms with van der Waals surface area (Å²) in [6.07, 6.45) is 10.4. The number of sulfone groups is 1. The fourth-order valence-electron chi connectivity index (χ4n) is 4.55. The van der Waals surface area contributed by atoms with Gasteiger partial charge < -0.3 is 9.30 Å². The van der Waals surface area contributed by atoms with E-state index in [4.69, 9.17) is 9.72 Å². The molecule has 39 heavy (non-hydrogen) atoms. The number of benzene rings is 2. The number of rotatable bonds is 7. The van der Waals surface area contributed by atoms with Crippen LogP contribution in [0.3, 0.4) is 0 Å². The lowest BCUT2D eigenvalue weighted by Gasteiger charge is -2.14. The lowest BCUT2D eigenvalue weighted by atomic mass is 9.99. The fraction of sp³-hybridized carbons (Fsp3) is 0.241. The highest BCUT2D eigenvalue weighted by molar-refractivity contribution is 7.90. The van der Waals surface area contributed by atoms with Crippen LogP contribution in [0.1, 0.15) is 12.8 Å². The Balaban J connectivity index is 1.44. The molecule has 0 N–H and O–H groups in total. The van der Waals surface area contributed by atoms with Gasteiger partial charge in [0.1, 0.15) is 5.75 Å². The van der Waals surface area contributed by atoms with Crippen molar-refractivity contribution in [3.63, 3.8) is 0 Å². The molecule has 0 atom stereocenters. The van der Waals surface area contributed by atoms with E-state index in [2.05, 4.69) is 10.1 Å². The van der Waals surface area contributed by atoms with Crippen molar-refractivity contribution in [3.05, 3.63) is 77.6 Å². The van der Waals surface area contributed by atoms with E-state index in [0.717, 1.165) is 40.7 Å². The first kappa shape index (κ1) is 25.0. The first-order valence-electron chi connectivity index (χ1n) is 12.6.